The summed E-state index contributed by atoms with van der Waals surface area (Å²) in [4.78, 5) is 10.3. The second-order valence-corrected chi connectivity index (χ2v) is 2.49. The normalized spacial score (nSPS) is 28.3. The monoisotopic (exact) mass is 145 g/mol. The van der Waals surface area contributed by atoms with Gasteiger partial charge in [-0.1, -0.05) is 0 Å². The molecule has 0 aromatic heterocycles. The van der Waals surface area contributed by atoms with Crippen LogP contribution < -0.4 is 5.73 Å². The van der Waals surface area contributed by atoms with Crippen LogP contribution in [0.1, 0.15) is 6.42 Å². The van der Waals surface area contributed by atoms with Gasteiger partial charge < -0.3 is 15.6 Å². The van der Waals surface area contributed by atoms with Gasteiger partial charge in [0.05, 0.1) is 6.61 Å². The van der Waals surface area contributed by atoms with E-state index in [1.54, 1.807) is 0 Å². The molecule has 4 heteroatoms. The fraction of sp³-hybridized carbons (Fsp3) is 0.833. The Morgan fingerprint density at radius 2 is 2.50 bits per heavy atom. The average molecular weight is 145 g/mol. The molecule has 0 saturated carbocycles. The summed E-state index contributed by atoms with van der Waals surface area (Å²) in [7, 11) is 0. The topological polar surface area (TPSA) is 72.6 Å². The Labute approximate surface area is 59.0 Å². The van der Waals surface area contributed by atoms with Gasteiger partial charge in [0.2, 0.25) is 0 Å². The molecule has 1 fully saturated rings. The molecule has 3 N–H and O–H groups in total. The fourth-order valence-electron chi connectivity index (χ4n) is 1.04. The number of carbonyl (C=O) groups is 1. The van der Waals surface area contributed by atoms with Crippen molar-refractivity contribution in [3.05, 3.63) is 0 Å². The summed E-state index contributed by atoms with van der Waals surface area (Å²) < 4.78 is 4.99. The molecule has 0 radical (unpaired) electrons. The van der Waals surface area contributed by atoms with Crippen molar-refractivity contribution in [2.75, 3.05) is 13.2 Å². The zero-order chi connectivity index (χ0) is 7.56. The first-order valence-corrected chi connectivity index (χ1v) is 3.28. The van der Waals surface area contributed by atoms with E-state index in [4.69, 9.17) is 15.6 Å². The maximum atomic E-state index is 10.3. The standard InChI is InChI=1S/C6H11NO3/c7-5(6(8)9)4-1-2-10-3-4/h4-5H,1-3,7H2,(H,8,9). The summed E-state index contributed by atoms with van der Waals surface area (Å²) in [6.07, 6.45) is 0.771. The molecular weight excluding hydrogens is 134 g/mol. The molecule has 0 spiro atoms. The highest BCUT2D eigenvalue weighted by atomic mass is 16.5. The third-order valence-corrected chi connectivity index (χ3v) is 1.76. The highest BCUT2D eigenvalue weighted by Crippen LogP contribution is 2.14. The largest absolute Gasteiger partial charge is 0.480 e. The van der Waals surface area contributed by atoms with E-state index in [2.05, 4.69) is 0 Å². The average Bonchev–Trinajstić information content (AvgIpc) is 2.36. The zero-order valence-electron chi connectivity index (χ0n) is 5.62. The third-order valence-electron chi connectivity index (χ3n) is 1.76. The quantitative estimate of drug-likeness (QED) is 0.546. The Bertz CT molecular complexity index is 131. The number of carboxylic acid groups (broad SMARTS) is 1. The van der Waals surface area contributed by atoms with E-state index < -0.39 is 12.0 Å². The van der Waals surface area contributed by atoms with E-state index in [1.165, 1.54) is 0 Å². The second kappa shape index (κ2) is 2.98. The number of hydrogen-bond donors (Lipinski definition) is 2. The van der Waals surface area contributed by atoms with E-state index in [0.29, 0.717) is 13.2 Å². The number of carboxylic acids is 1. The van der Waals surface area contributed by atoms with Gasteiger partial charge in [-0.05, 0) is 6.42 Å². The van der Waals surface area contributed by atoms with Gasteiger partial charge in [0, 0.05) is 12.5 Å². The molecule has 58 valence electrons. The number of nitrogens with two attached hydrogens (primary N) is 1. The molecule has 10 heavy (non-hydrogen) atoms. The van der Waals surface area contributed by atoms with Crippen LogP contribution in [0.5, 0.6) is 0 Å². The smallest absolute Gasteiger partial charge is 0.320 e. The van der Waals surface area contributed by atoms with E-state index in [0.717, 1.165) is 6.42 Å². The first-order valence-electron chi connectivity index (χ1n) is 3.28. The van der Waals surface area contributed by atoms with Gasteiger partial charge in [-0.3, -0.25) is 4.79 Å². The molecule has 1 rings (SSSR count). The maximum absolute atomic E-state index is 10.3. The van der Waals surface area contributed by atoms with Crippen LogP contribution in [-0.2, 0) is 9.53 Å². The van der Waals surface area contributed by atoms with Crippen LogP contribution in [0.4, 0.5) is 0 Å². The van der Waals surface area contributed by atoms with Crippen molar-refractivity contribution in [1.29, 1.82) is 0 Å². The van der Waals surface area contributed by atoms with Crippen molar-refractivity contribution in [3.63, 3.8) is 0 Å². The molecule has 0 aromatic carbocycles. The first kappa shape index (κ1) is 7.50. The molecule has 1 saturated heterocycles. The third kappa shape index (κ3) is 1.46. The summed E-state index contributed by atoms with van der Waals surface area (Å²) in [5, 5.41) is 8.46. The van der Waals surface area contributed by atoms with E-state index >= 15 is 0 Å². The Morgan fingerprint density at radius 3 is 2.90 bits per heavy atom. The lowest BCUT2D eigenvalue weighted by Crippen LogP contribution is -2.38. The summed E-state index contributed by atoms with van der Waals surface area (Å²) in [5.41, 5.74) is 5.34. The molecule has 1 heterocycles. The Hall–Kier alpha value is -0.610. The van der Waals surface area contributed by atoms with Crippen LogP contribution in [0.2, 0.25) is 0 Å². The van der Waals surface area contributed by atoms with Crippen LogP contribution in [0, 0.1) is 5.92 Å². The van der Waals surface area contributed by atoms with E-state index in [-0.39, 0.29) is 5.92 Å². The number of rotatable bonds is 2. The summed E-state index contributed by atoms with van der Waals surface area (Å²) in [5.74, 6) is -0.923. The van der Waals surface area contributed by atoms with Crippen LogP contribution in [0.15, 0.2) is 0 Å². The number of aliphatic carboxylic acids is 1. The molecule has 1 aliphatic heterocycles. The molecule has 0 bridgehead atoms. The van der Waals surface area contributed by atoms with Crippen LogP contribution >= 0.6 is 0 Å². The minimum absolute atomic E-state index is 0.0116. The van der Waals surface area contributed by atoms with Gasteiger partial charge >= 0.3 is 5.97 Å². The van der Waals surface area contributed by atoms with Gasteiger partial charge in [-0.15, -0.1) is 0 Å². The summed E-state index contributed by atoms with van der Waals surface area (Å²) in [6, 6.07) is -0.748. The van der Waals surface area contributed by atoms with Crippen molar-refractivity contribution in [3.8, 4) is 0 Å². The molecule has 1 aliphatic rings. The molecule has 0 aliphatic carbocycles. The molecule has 2 unspecified atom stereocenters. The molecule has 2 atom stereocenters. The van der Waals surface area contributed by atoms with E-state index in [1.807, 2.05) is 0 Å². The number of ether oxygens (including phenoxy) is 1. The first-order chi connectivity index (χ1) is 4.72. The second-order valence-electron chi connectivity index (χ2n) is 2.49. The van der Waals surface area contributed by atoms with Crippen molar-refractivity contribution in [1.82, 2.24) is 0 Å². The van der Waals surface area contributed by atoms with Crippen LogP contribution in [-0.4, -0.2) is 30.3 Å². The Balaban J connectivity index is 2.39. The SMILES string of the molecule is NC(C(=O)O)C1CCOC1. The predicted molar refractivity (Wildman–Crippen MR) is 34.5 cm³/mol. The van der Waals surface area contributed by atoms with Gasteiger partial charge in [0.1, 0.15) is 6.04 Å². The Morgan fingerprint density at radius 1 is 1.80 bits per heavy atom. The summed E-state index contributed by atoms with van der Waals surface area (Å²) >= 11 is 0. The minimum atomic E-state index is -0.935. The lowest BCUT2D eigenvalue weighted by atomic mass is 10.0. The van der Waals surface area contributed by atoms with Gasteiger partial charge in [0.15, 0.2) is 0 Å². The number of hydrogen-bond acceptors (Lipinski definition) is 3. The summed E-state index contributed by atoms with van der Waals surface area (Å²) in [6.45, 7) is 1.14. The van der Waals surface area contributed by atoms with E-state index in [9.17, 15) is 4.79 Å². The highest BCUT2D eigenvalue weighted by molar-refractivity contribution is 5.73. The molecule has 4 nitrogen and oxygen atoms in total. The van der Waals surface area contributed by atoms with Gasteiger partial charge in [0.25, 0.3) is 0 Å². The molecule has 0 amide bonds. The zero-order valence-corrected chi connectivity index (χ0v) is 5.62. The van der Waals surface area contributed by atoms with Crippen molar-refractivity contribution in [2.45, 2.75) is 12.5 Å². The van der Waals surface area contributed by atoms with Crippen molar-refractivity contribution >= 4 is 5.97 Å². The van der Waals surface area contributed by atoms with Crippen LogP contribution in [0.3, 0.4) is 0 Å². The van der Waals surface area contributed by atoms with Crippen LogP contribution in [0.25, 0.3) is 0 Å². The predicted octanol–water partition coefficient (Wildman–Crippen LogP) is -0.565. The fourth-order valence-corrected chi connectivity index (χ4v) is 1.04. The lowest BCUT2D eigenvalue weighted by molar-refractivity contribution is -0.139. The van der Waals surface area contributed by atoms with Gasteiger partial charge in [-0.2, -0.15) is 0 Å². The minimum Gasteiger partial charge on any atom is -0.480 e. The Kier molecular flexibility index (Phi) is 2.24. The van der Waals surface area contributed by atoms with Gasteiger partial charge in [-0.25, -0.2) is 0 Å². The highest BCUT2D eigenvalue weighted by Gasteiger charge is 2.27. The molecular formula is C6H11NO3. The van der Waals surface area contributed by atoms with Crippen molar-refractivity contribution in [2.24, 2.45) is 11.7 Å². The maximum Gasteiger partial charge on any atom is 0.320 e. The lowest BCUT2D eigenvalue weighted by Gasteiger charge is -2.11. The van der Waals surface area contributed by atoms with Crippen molar-refractivity contribution < 1.29 is 14.6 Å². The molecule has 0 aromatic rings.